The SMILES string of the molecule is [2H]C1([2H])c2ncnn2C([2H])([2H])C([2H])([2H])C([2H])([2H])C1([2H])[2H]. The van der Waals surface area contributed by atoms with Crippen LogP contribution < -0.4 is 0 Å². The summed E-state index contributed by atoms with van der Waals surface area (Å²) in [5.41, 5.74) is 0. The molecule has 1 aliphatic heterocycles. The zero-order chi connectivity index (χ0) is 15.8. The van der Waals surface area contributed by atoms with Crippen molar-refractivity contribution in [2.45, 2.75) is 32.0 Å². The summed E-state index contributed by atoms with van der Waals surface area (Å²) in [4.78, 5) is 3.46. The quantitative estimate of drug-likeness (QED) is 0.548. The second-order valence-electron chi connectivity index (χ2n) is 1.61. The predicted molar refractivity (Wildman–Crippen MR) is 37.6 cm³/mol. The Kier molecular flexibility index (Phi) is 0.359. The lowest BCUT2D eigenvalue weighted by molar-refractivity contribution is 0.575. The van der Waals surface area contributed by atoms with E-state index in [0.717, 1.165) is 6.33 Å². The van der Waals surface area contributed by atoms with Gasteiger partial charge in [0.25, 0.3) is 0 Å². The van der Waals surface area contributed by atoms with Gasteiger partial charge in [-0.05, 0) is 12.7 Å². The summed E-state index contributed by atoms with van der Waals surface area (Å²) in [6.45, 7) is -3.11. The van der Waals surface area contributed by atoms with Gasteiger partial charge in [-0.3, -0.25) is 4.68 Å². The number of fused-ring (bicyclic) bond motifs is 1. The molecule has 0 aliphatic carbocycles. The van der Waals surface area contributed by atoms with Crippen molar-refractivity contribution in [3.05, 3.63) is 12.2 Å². The first-order valence-electron chi connectivity index (χ1n) is 7.64. The van der Waals surface area contributed by atoms with Gasteiger partial charge in [0.2, 0.25) is 0 Å². The molecule has 3 nitrogen and oxygen atoms in total. The van der Waals surface area contributed by atoms with Gasteiger partial charge in [-0.25, -0.2) is 4.98 Å². The molecule has 2 rings (SSSR count). The van der Waals surface area contributed by atoms with Crippen molar-refractivity contribution in [1.29, 1.82) is 0 Å². The summed E-state index contributed by atoms with van der Waals surface area (Å²) < 4.78 is 77.5. The van der Waals surface area contributed by atoms with Gasteiger partial charge < -0.3 is 0 Å². The van der Waals surface area contributed by atoms with Gasteiger partial charge in [0.1, 0.15) is 12.2 Å². The summed E-state index contributed by atoms with van der Waals surface area (Å²) in [5, 5.41) is 3.41. The van der Waals surface area contributed by atoms with Crippen LogP contribution in [-0.2, 0) is 12.9 Å². The van der Waals surface area contributed by atoms with Crippen molar-refractivity contribution in [3.63, 3.8) is 0 Å². The third-order valence-electron chi connectivity index (χ3n) is 1.01. The highest BCUT2D eigenvalue weighted by molar-refractivity contribution is 4.86. The minimum absolute atomic E-state index is 0.273. The Morgan fingerprint density at radius 2 is 2.50 bits per heavy atom. The highest BCUT2D eigenvalue weighted by Gasteiger charge is 2.06. The number of aryl methyl sites for hydroxylation is 2. The van der Waals surface area contributed by atoms with E-state index in [9.17, 15) is 0 Å². The summed E-state index contributed by atoms with van der Waals surface area (Å²) in [6.07, 6.45) is -12.5. The molecule has 0 bridgehead atoms. The van der Waals surface area contributed by atoms with Crippen molar-refractivity contribution in [2.24, 2.45) is 0 Å². The molecule has 0 unspecified atom stereocenters. The van der Waals surface area contributed by atoms with Crippen molar-refractivity contribution in [1.82, 2.24) is 14.8 Å². The van der Waals surface area contributed by atoms with Crippen molar-refractivity contribution >= 4 is 0 Å². The number of hydrogen-bond donors (Lipinski definition) is 0. The summed E-state index contributed by atoms with van der Waals surface area (Å²) >= 11 is 0. The molecule has 0 N–H and O–H groups in total. The largest absolute Gasteiger partial charge is 0.250 e. The molecule has 0 amide bonds. The van der Waals surface area contributed by atoms with Crippen LogP contribution in [0.4, 0.5) is 0 Å². The first-order valence-corrected chi connectivity index (χ1v) is 2.64. The zero-order valence-corrected chi connectivity index (χ0v) is 4.92. The number of rotatable bonds is 0. The van der Waals surface area contributed by atoms with Gasteiger partial charge in [-0.1, -0.05) is 6.37 Å². The van der Waals surface area contributed by atoms with E-state index in [4.69, 9.17) is 13.7 Å². The average molecular weight is 147 g/mol. The third kappa shape index (κ3) is 0.916. The normalized spacial score (nSPS) is 58.0. The van der Waals surface area contributed by atoms with E-state index in [1.54, 1.807) is 0 Å². The average Bonchev–Trinajstić information content (AvgIpc) is 2.76. The van der Waals surface area contributed by atoms with Gasteiger partial charge in [-0.15, -0.1) is 0 Å². The maximum atomic E-state index is 7.77. The van der Waals surface area contributed by atoms with E-state index in [1.807, 2.05) is 0 Å². The Morgan fingerprint density at radius 1 is 1.50 bits per heavy atom. The van der Waals surface area contributed by atoms with E-state index in [0.29, 0.717) is 0 Å². The predicted octanol–water partition coefficient (Wildman–Crippen LogP) is 1.00. The fourth-order valence-corrected chi connectivity index (χ4v) is 0.608. The molecule has 0 spiro atoms. The lowest BCUT2D eigenvalue weighted by Gasteiger charge is -1.96. The Bertz CT molecular complexity index is 502. The summed E-state index contributed by atoms with van der Waals surface area (Å²) in [7, 11) is 0. The van der Waals surface area contributed by atoms with E-state index >= 15 is 0 Å². The van der Waals surface area contributed by atoms with Gasteiger partial charge in [0.15, 0.2) is 0 Å². The molecule has 0 saturated heterocycles. The lowest BCUT2D eigenvalue weighted by atomic mass is 10.2. The molecule has 1 aromatic rings. The first-order chi connectivity index (χ1) is 8.73. The maximum absolute atomic E-state index is 7.77. The Balaban J connectivity index is 2.92. The Hall–Kier alpha value is -0.860. The molecule has 3 heteroatoms. The van der Waals surface area contributed by atoms with E-state index in [1.165, 1.54) is 0 Å². The topological polar surface area (TPSA) is 30.7 Å². The van der Waals surface area contributed by atoms with Crippen LogP contribution >= 0.6 is 0 Å². The van der Waals surface area contributed by atoms with Crippen LogP contribution in [0.5, 0.6) is 0 Å². The van der Waals surface area contributed by atoms with Crippen LogP contribution in [0.3, 0.4) is 0 Å². The van der Waals surface area contributed by atoms with Gasteiger partial charge in [0.05, 0.1) is 2.74 Å². The highest BCUT2D eigenvalue weighted by atomic mass is 15.3. The molecule has 1 aromatic heterocycles. The minimum Gasteiger partial charge on any atom is -0.250 e. The summed E-state index contributed by atoms with van der Waals surface area (Å²) in [5.74, 6) is -0.794. The molecule has 54 valence electrons. The van der Waals surface area contributed by atoms with Crippen LogP contribution in [-0.4, -0.2) is 14.8 Å². The molecule has 0 radical (unpaired) electrons. The van der Waals surface area contributed by atoms with Crippen LogP contribution in [0.15, 0.2) is 6.33 Å². The standard InChI is InChI=1S/C7H11N3/c1-2-4-7-8-6-9-10(7)5-3-1/h6H,1-5H2/i1D2,2D2,3D2,4D2,5D2. The molecular formula is C7H11N3. The number of nitrogens with zero attached hydrogens (tertiary/aromatic N) is 3. The van der Waals surface area contributed by atoms with Crippen LogP contribution in [0.1, 0.15) is 38.7 Å². The molecular weight excluding hydrogens is 126 g/mol. The molecule has 2 heterocycles. The molecule has 1 aliphatic rings. The number of hydrogen-bond acceptors (Lipinski definition) is 2. The molecule has 0 fully saturated rings. The monoisotopic (exact) mass is 147 g/mol. The van der Waals surface area contributed by atoms with Gasteiger partial charge in [0, 0.05) is 23.8 Å². The van der Waals surface area contributed by atoms with E-state index in [2.05, 4.69) is 10.1 Å². The molecule has 10 heavy (non-hydrogen) atoms. The third-order valence-corrected chi connectivity index (χ3v) is 1.01. The lowest BCUT2D eigenvalue weighted by Crippen LogP contribution is -2.01. The van der Waals surface area contributed by atoms with E-state index < -0.39 is 37.8 Å². The second kappa shape index (κ2) is 2.40. The molecule has 0 saturated carbocycles. The Labute approximate surface area is 74.1 Å². The van der Waals surface area contributed by atoms with Crippen molar-refractivity contribution in [3.8, 4) is 0 Å². The first kappa shape index (κ1) is 1.49. The number of aromatic nitrogens is 3. The van der Waals surface area contributed by atoms with Crippen molar-refractivity contribution in [2.75, 3.05) is 0 Å². The van der Waals surface area contributed by atoms with Crippen LogP contribution in [0.2, 0.25) is 0 Å². The smallest absolute Gasteiger partial charge is 0.138 e. The van der Waals surface area contributed by atoms with Crippen LogP contribution in [0.25, 0.3) is 0 Å². The molecule has 0 aromatic carbocycles. The highest BCUT2D eigenvalue weighted by Crippen LogP contribution is 2.09. The second-order valence-corrected chi connectivity index (χ2v) is 1.61. The maximum Gasteiger partial charge on any atom is 0.138 e. The molecule has 0 atom stereocenters. The minimum atomic E-state index is -3.46. The Morgan fingerprint density at radius 3 is 3.50 bits per heavy atom. The van der Waals surface area contributed by atoms with Gasteiger partial charge in [-0.2, -0.15) is 5.10 Å². The fourth-order valence-electron chi connectivity index (χ4n) is 0.608. The van der Waals surface area contributed by atoms with Crippen LogP contribution in [0, 0.1) is 0 Å². The van der Waals surface area contributed by atoms with Gasteiger partial charge >= 0.3 is 0 Å². The van der Waals surface area contributed by atoms with Crippen molar-refractivity contribution < 1.29 is 13.7 Å². The van der Waals surface area contributed by atoms with E-state index in [-0.39, 0.29) is 4.68 Å². The zero-order valence-electron chi connectivity index (χ0n) is 14.9. The fraction of sp³-hybridized carbons (Fsp3) is 0.714. The summed E-state index contributed by atoms with van der Waals surface area (Å²) in [6, 6.07) is 0.